The molecule has 0 aliphatic carbocycles. The Kier molecular flexibility index (Phi) is 7.66. The van der Waals surface area contributed by atoms with Crippen LogP contribution in [0.4, 0.5) is 5.69 Å². The molecular formula is C52H34N4. The summed E-state index contributed by atoms with van der Waals surface area (Å²) in [5.41, 5.74) is 15.4. The van der Waals surface area contributed by atoms with E-state index in [-0.39, 0.29) is 0 Å². The normalized spacial score (nSPS) is 11.4. The van der Waals surface area contributed by atoms with Crippen molar-refractivity contribution in [1.29, 1.82) is 5.26 Å². The van der Waals surface area contributed by atoms with E-state index in [0.717, 1.165) is 88.4 Å². The molecular weight excluding hydrogens is 681 g/mol. The van der Waals surface area contributed by atoms with Crippen LogP contribution in [0.1, 0.15) is 16.7 Å². The van der Waals surface area contributed by atoms with E-state index in [1.54, 1.807) is 0 Å². The molecule has 0 saturated heterocycles. The Hall–Kier alpha value is -7.66. The molecule has 0 unspecified atom stereocenters. The van der Waals surface area contributed by atoms with E-state index < -0.39 is 0 Å². The zero-order chi connectivity index (χ0) is 37.9. The maximum Gasteiger partial charge on any atom is 0.234 e. The highest BCUT2D eigenvalue weighted by Gasteiger charge is 2.25. The van der Waals surface area contributed by atoms with E-state index in [1.165, 1.54) is 11.1 Å². The molecule has 0 fully saturated rings. The molecule has 10 aromatic rings. The maximum absolute atomic E-state index is 9.98. The van der Waals surface area contributed by atoms with Gasteiger partial charge in [0.1, 0.15) is 0 Å². The molecule has 0 aliphatic rings. The molecule has 262 valence electrons. The lowest BCUT2D eigenvalue weighted by Crippen LogP contribution is -2.03. The molecule has 0 aliphatic heterocycles. The zero-order valence-electron chi connectivity index (χ0n) is 31.0. The second-order valence-electron chi connectivity index (χ2n) is 14.5. The van der Waals surface area contributed by atoms with Crippen LogP contribution in [0.3, 0.4) is 0 Å². The molecule has 0 atom stereocenters. The number of hydrogen-bond donors (Lipinski definition) is 0. The van der Waals surface area contributed by atoms with Crippen molar-refractivity contribution in [1.82, 2.24) is 9.13 Å². The number of para-hydroxylation sites is 2. The standard InChI is InChI=1S/C52H34N4/c1-33-15-19-36(20-16-33)38-23-25-44-42-11-4-6-13-46(42)55(49(44)30-38)48-28-27-41(40-10-8-9-35(29-40)32-53)52(51(48)54-3)56-47-14-7-5-12-43(47)45-26-24-39(31-50(45)56)37-21-17-34(2)18-22-37/h4-31H,1-2H3. The summed E-state index contributed by atoms with van der Waals surface area (Å²) >= 11 is 0. The third-order valence-electron chi connectivity index (χ3n) is 11.1. The van der Waals surface area contributed by atoms with Crippen LogP contribution < -0.4 is 0 Å². The summed E-state index contributed by atoms with van der Waals surface area (Å²) in [5, 5.41) is 14.4. The fourth-order valence-corrected chi connectivity index (χ4v) is 8.37. The van der Waals surface area contributed by atoms with Gasteiger partial charge in [-0.25, -0.2) is 4.85 Å². The van der Waals surface area contributed by atoms with Gasteiger partial charge in [0.05, 0.1) is 51.6 Å². The summed E-state index contributed by atoms with van der Waals surface area (Å²) in [7, 11) is 0. The van der Waals surface area contributed by atoms with Crippen molar-refractivity contribution in [3.63, 3.8) is 0 Å². The van der Waals surface area contributed by atoms with Gasteiger partial charge in [0, 0.05) is 21.5 Å². The van der Waals surface area contributed by atoms with E-state index in [0.29, 0.717) is 11.3 Å². The fraction of sp³-hybridized carbons (Fsp3) is 0.0385. The van der Waals surface area contributed by atoms with Gasteiger partial charge in [-0.3, -0.25) is 0 Å². The first-order chi connectivity index (χ1) is 27.5. The van der Waals surface area contributed by atoms with Crippen LogP contribution >= 0.6 is 0 Å². The molecule has 0 amide bonds. The van der Waals surface area contributed by atoms with Gasteiger partial charge in [0.2, 0.25) is 5.69 Å². The van der Waals surface area contributed by atoms with Crippen LogP contribution in [-0.4, -0.2) is 9.13 Å². The van der Waals surface area contributed by atoms with Crippen molar-refractivity contribution >= 4 is 49.3 Å². The van der Waals surface area contributed by atoms with Crippen molar-refractivity contribution in [2.45, 2.75) is 13.8 Å². The quantitative estimate of drug-likeness (QED) is 0.164. The first-order valence-corrected chi connectivity index (χ1v) is 18.8. The molecule has 0 radical (unpaired) electrons. The zero-order valence-corrected chi connectivity index (χ0v) is 31.0. The first-order valence-electron chi connectivity index (χ1n) is 18.8. The molecule has 8 aromatic carbocycles. The smallest absolute Gasteiger partial charge is 0.234 e. The van der Waals surface area contributed by atoms with Gasteiger partial charge in [-0.05, 0) is 89.7 Å². The Morgan fingerprint density at radius 3 is 1.55 bits per heavy atom. The highest BCUT2D eigenvalue weighted by molar-refractivity contribution is 6.13. The van der Waals surface area contributed by atoms with E-state index in [2.05, 4.69) is 179 Å². The monoisotopic (exact) mass is 714 g/mol. The largest absolute Gasteiger partial charge is 0.319 e. The number of aromatic nitrogens is 2. The van der Waals surface area contributed by atoms with Crippen LogP contribution in [0, 0.1) is 31.8 Å². The Labute approximate surface area is 325 Å². The van der Waals surface area contributed by atoms with E-state index in [1.807, 2.05) is 24.3 Å². The predicted molar refractivity (Wildman–Crippen MR) is 232 cm³/mol. The number of aryl methyl sites for hydroxylation is 2. The Morgan fingerprint density at radius 2 is 0.982 bits per heavy atom. The summed E-state index contributed by atoms with van der Waals surface area (Å²) in [6, 6.07) is 61.7. The lowest BCUT2D eigenvalue weighted by Gasteiger charge is -2.20. The fourth-order valence-electron chi connectivity index (χ4n) is 8.37. The molecule has 4 heteroatoms. The summed E-state index contributed by atoms with van der Waals surface area (Å²) in [6.45, 7) is 13.3. The van der Waals surface area contributed by atoms with Crippen molar-refractivity contribution in [3.05, 3.63) is 198 Å². The minimum atomic E-state index is 0.525. The SMILES string of the molecule is [C-]#[N+]c1c(-n2c3ccccc3c3ccc(-c4ccc(C)cc4)cc32)ccc(-c2cccc(C#N)c2)c1-n1c2ccccc2c2ccc(-c3ccc(C)cc3)cc21. The Morgan fingerprint density at radius 1 is 0.464 bits per heavy atom. The first kappa shape index (κ1) is 32.9. The number of fused-ring (bicyclic) bond motifs is 6. The maximum atomic E-state index is 9.98. The number of rotatable bonds is 5. The molecule has 0 saturated carbocycles. The van der Waals surface area contributed by atoms with Gasteiger partial charge in [0.25, 0.3) is 0 Å². The number of hydrogen-bond acceptors (Lipinski definition) is 1. The van der Waals surface area contributed by atoms with Gasteiger partial charge >= 0.3 is 0 Å². The van der Waals surface area contributed by atoms with Crippen molar-refractivity contribution in [3.8, 4) is 50.8 Å². The summed E-state index contributed by atoms with van der Waals surface area (Å²) in [4.78, 5) is 4.46. The van der Waals surface area contributed by atoms with Crippen LogP contribution in [-0.2, 0) is 0 Å². The lowest BCUT2D eigenvalue weighted by molar-refractivity contribution is 1.15. The van der Waals surface area contributed by atoms with Gasteiger partial charge in [0.15, 0.2) is 0 Å². The molecule has 2 aromatic heterocycles. The number of nitriles is 1. The molecule has 10 rings (SSSR count). The molecule has 0 spiro atoms. The summed E-state index contributed by atoms with van der Waals surface area (Å²) in [5.74, 6) is 0. The van der Waals surface area contributed by atoms with Crippen LogP contribution in [0.15, 0.2) is 170 Å². The Bertz CT molecular complexity index is 3270. The second kappa shape index (κ2) is 13.0. The minimum Gasteiger partial charge on any atom is -0.319 e. The topological polar surface area (TPSA) is 38.0 Å². The molecule has 56 heavy (non-hydrogen) atoms. The van der Waals surface area contributed by atoms with Crippen LogP contribution in [0.25, 0.3) is 93.2 Å². The van der Waals surface area contributed by atoms with Gasteiger partial charge in [-0.15, -0.1) is 0 Å². The predicted octanol–water partition coefficient (Wildman–Crippen LogP) is 13.9. The third kappa shape index (κ3) is 5.20. The van der Waals surface area contributed by atoms with E-state index in [9.17, 15) is 5.26 Å². The lowest BCUT2D eigenvalue weighted by atomic mass is 9.98. The average molecular weight is 715 g/mol. The third-order valence-corrected chi connectivity index (χ3v) is 11.1. The highest BCUT2D eigenvalue weighted by Crippen LogP contribution is 2.46. The number of nitrogens with zero attached hydrogens (tertiary/aromatic N) is 4. The Balaban J connectivity index is 1.34. The van der Waals surface area contributed by atoms with Gasteiger partial charge < -0.3 is 9.13 Å². The van der Waals surface area contributed by atoms with E-state index in [4.69, 9.17) is 6.57 Å². The van der Waals surface area contributed by atoms with Crippen LogP contribution in [0.5, 0.6) is 0 Å². The van der Waals surface area contributed by atoms with Crippen molar-refractivity contribution in [2.24, 2.45) is 0 Å². The summed E-state index contributed by atoms with van der Waals surface area (Å²) < 4.78 is 4.54. The summed E-state index contributed by atoms with van der Waals surface area (Å²) in [6.07, 6.45) is 0. The average Bonchev–Trinajstić information content (AvgIpc) is 3.75. The van der Waals surface area contributed by atoms with Crippen LogP contribution in [0.2, 0.25) is 0 Å². The van der Waals surface area contributed by atoms with E-state index >= 15 is 0 Å². The highest BCUT2D eigenvalue weighted by atomic mass is 15.1. The molecule has 0 bridgehead atoms. The van der Waals surface area contributed by atoms with Gasteiger partial charge in [-0.1, -0.05) is 139 Å². The van der Waals surface area contributed by atoms with Crippen molar-refractivity contribution in [2.75, 3.05) is 0 Å². The molecule has 0 N–H and O–H groups in total. The second-order valence-corrected chi connectivity index (χ2v) is 14.5. The van der Waals surface area contributed by atoms with Gasteiger partial charge in [-0.2, -0.15) is 5.26 Å². The van der Waals surface area contributed by atoms with Crippen molar-refractivity contribution < 1.29 is 0 Å². The minimum absolute atomic E-state index is 0.525. The number of benzene rings is 8. The molecule has 2 heterocycles. The molecule has 4 nitrogen and oxygen atoms in total.